The second kappa shape index (κ2) is 3.97. The first kappa shape index (κ1) is 10.1. The Labute approximate surface area is 89.3 Å². The Morgan fingerprint density at radius 2 is 1.80 bits per heavy atom. The third-order valence-corrected chi connectivity index (χ3v) is 2.64. The Kier molecular flexibility index (Phi) is 2.67. The first-order valence-electron chi connectivity index (χ1n) is 5.29. The summed E-state index contributed by atoms with van der Waals surface area (Å²) in [7, 11) is 0. The van der Waals surface area contributed by atoms with E-state index in [-0.39, 0.29) is 17.5 Å². The standard InChI is InChI=1S/C13H14O2/c1-9(14)8-10-2-4-11(5-3-10)13(15)12-6-7-12/h2-5,12H,6-8H2,1H3. The average Bonchev–Trinajstić information content (AvgIpc) is 3.00. The predicted molar refractivity (Wildman–Crippen MR) is 57.9 cm³/mol. The van der Waals surface area contributed by atoms with Gasteiger partial charge in [-0.1, -0.05) is 24.3 Å². The van der Waals surface area contributed by atoms with Gasteiger partial charge in [-0.25, -0.2) is 0 Å². The van der Waals surface area contributed by atoms with Gasteiger partial charge in [0.05, 0.1) is 0 Å². The van der Waals surface area contributed by atoms with Crippen molar-refractivity contribution in [3.63, 3.8) is 0 Å². The lowest BCUT2D eigenvalue weighted by Crippen LogP contribution is -2.02. The summed E-state index contributed by atoms with van der Waals surface area (Å²) in [5, 5.41) is 0. The van der Waals surface area contributed by atoms with Crippen molar-refractivity contribution < 1.29 is 9.59 Å². The number of hydrogen-bond acceptors (Lipinski definition) is 2. The van der Waals surface area contributed by atoms with E-state index in [0.717, 1.165) is 24.0 Å². The summed E-state index contributed by atoms with van der Waals surface area (Å²) in [6, 6.07) is 7.41. The molecule has 2 nitrogen and oxygen atoms in total. The Hall–Kier alpha value is -1.44. The monoisotopic (exact) mass is 202 g/mol. The fraction of sp³-hybridized carbons (Fsp3) is 0.385. The largest absolute Gasteiger partial charge is 0.300 e. The summed E-state index contributed by atoms with van der Waals surface area (Å²) in [5.41, 5.74) is 1.76. The molecule has 1 aromatic rings. The highest BCUT2D eigenvalue weighted by Crippen LogP contribution is 2.32. The third kappa shape index (κ3) is 2.52. The maximum atomic E-state index is 11.7. The van der Waals surface area contributed by atoms with Crippen LogP contribution in [0.1, 0.15) is 35.7 Å². The Morgan fingerprint density at radius 1 is 1.20 bits per heavy atom. The second-order valence-corrected chi connectivity index (χ2v) is 4.21. The summed E-state index contributed by atoms with van der Waals surface area (Å²) in [4.78, 5) is 22.6. The molecule has 0 aromatic heterocycles. The minimum absolute atomic E-state index is 0.149. The molecule has 0 atom stereocenters. The molecule has 0 radical (unpaired) electrons. The quantitative estimate of drug-likeness (QED) is 0.702. The zero-order valence-corrected chi connectivity index (χ0v) is 8.82. The molecule has 1 saturated carbocycles. The smallest absolute Gasteiger partial charge is 0.165 e. The normalized spacial score (nSPS) is 15.0. The summed E-state index contributed by atoms with van der Waals surface area (Å²) in [6.07, 6.45) is 2.53. The first-order chi connectivity index (χ1) is 7.16. The molecule has 1 fully saturated rings. The van der Waals surface area contributed by atoms with Crippen LogP contribution in [0.25, 0.3) is 0 Å². The number of ketones is 2. The average molecular weight is 202 g/mol. The minimum atomic E-state index is 0.149. The molecule has 78 valence electrons. The van der Waals surface area contributed by atoms with Crippen LogP contribution < -0.4 is 0 Å². The van der Waals surface area contributed by atoms with E-state index >= 15 is 0 Å². The number of Topliss-reactive ketones (excluding diaryl/α,β-unsaturated/α-hetero) is 2. The van der Waals surface area contributed by atoms with Gasteiger partial charge >= 0.3 is 0 Å². The van der Waals surface area contributed by atoms with Crippen LogP contribution >= 0.6 is 0 Å². The molecule has 15 heavy (non-hydrogen) atoms. The lowest BCUT2D eigenvalue weighted by molar-refractivity contribution is -0.116. The van der Waals surface area contributed by atoms with E-state index in [1.54, 1.807) is 6.92 Å². The van der Waals surface area contributed by atoms with Crippen LogP contribution in [-0.2, 0) is 11.2 Å². The highest BCUT2D eigenvalue weighted by molar-refractivity contribution is 5.99. The van der Waals surface area contributed by atoms with Gasteiger partial charge in [0, 0.05) is 17.9 Å². The van der Waals surface area contributed by atoms with Crippen LogP contribution in [0.3, 0.4) is 0 Å². The SMILES string of the molecule is CC(=O)Cc1ccc(C(=O)C2CC2)cc1. The third-order valence-electron chi connectivity index (χ3n) is 2.64. The molecule has 1 aliphatic carbocycles. The van der Waals surface area contributed by atoms with E-state index < -0.39 is 0 Å². The predicted octanol–water partition coefficient (Wildman–Crippen LogP) is 2.41. The molecule has 0 aliphatic heterocycles. The zero-order valence-electron chi connectivity index (χ0n) is 8.82. The number of carbonyl (C=O) groups excluding carboxylic acids is 2. The van der Waals surface area contributed by atoms with Crippen molar-refractivity contribution in [1.29, 1.82) is 0 Å². The van der Waals surface area contributed by atoms with Gasteiger partial charge in [-0.05, 0) is 25.3 Å². The van der Waals surface area contributed by atoms with Crippen LogP contribution in [0.2, 0.25) is 0 Å². The molecular formula is C13H14O2. The molecule has 0 heterocycles. The van der Waals surface area contributed by atoms with E-state index in [1.165, 1.54) is 0 Å². The van der Waals surface area contributed by atoms with Gasteiger partial charge in [0.1, 0.15) is 5.78 Å². The highest BCUT2D eigenvalue weighted by Gasteiger charge is 2.30. The molecule has 2 rings (SSSR count). The van der Waals surface area contributed by atoms with Gasteiger partial charge in [0.2, 0.25) is 0 Å². The van der Waals surface area contributed by atoms with Gasteiger partial charge < -0.3 is 0 Å². The molecule has 0 bridgehead atoms. The van der Waals surface area contributed by atoms with E-state index in [9.17, 15) is 9.59 Å². The van der Waals surface area contributed by atoms with Crippen LogP contribution in [0.4, 0.5) is 0 Å². The molecule has 1 aliphatic rings. The number of hydrogen-bond donors (Lipinski definition) is 0. The molecule has 0 saturated heterocycles. The maximum absolute atomic E-state index is 11.7. The van der Waals surface area contributed by atoms with Crippen molar-refractivity contribution in [3.8, 4) is 0 Å². The molecule has 0 unspecified atom stereocenters. The van der Waals surface area contributed by atoms with E-state index in [1.807, 2.05) is 24.3 Å². The Balaban J connectivity index is 2.09. The van der Waals surface area contributed by atoms with Crippen molar-refractivity contribution in [2.24, 2.45) is 5.92 Å². The van der Waals surface area contributed by atoms with Crippen molar-refractivity contribution in [1.82, 2.24) is 0 Å². The van der Waals surface area contributed by atoms with E-state index in [0.29, 0.717) is 6.42 Å². The maximum Gasteiger partial charge on any atom is 0.165 e. The van der Waals surface area contributed by atoms with Crippen molar-refractivity contribution >= 4 is 11.6 Å². The Bertz CT molecular complexity index is 386. The topological polar surface area (TPSA) is 34.1 Å². The molecule has 1 aromatic carbocycles. The molecule has 0 amide bonds. The van der Waals surface area contributed by atoms with Gasteiger partial charge in [0.15, 0.2) is 5.78 Å². The minimum Gasteiger partial charge on any atom is -0.300 e. The van der Waals surface area contributed by atoms with Gasteiger partial charge in [-0.3, -0.25) is 9.59 Å². The molecule has 2 heteroatoms. The number of carbonyl (C=O) groups is 2. The van der Waals surface area contributed by atoms with Crippen molar-refractivity contribution in [3.05, 3.63) is 35.4 Å². The summed E-state index contributed by atoms with van der Waals surface area (Å²) < 4.78 is 0. The highest BCUT2D eigenvalue weighted by atomic mass is 16.1. The lowest BCUT2D eigenvalue weighted by atomic mass is 10.0. The van der Waals surface area contributed by atoms with Crippen LogP contribution in [0.5, 0.6) is 0 Å². The Morgan fingerprint density at radius 3 is 2.27 bits per heavy atom. The van der Waals surface area contributed by atoms with E-state index in [2.05, 4.69) is 0 Å². The van der Waals surface area contributed by atoms with Gasteiger partial charge in [-0.2, -0.15) is 0 Å². The summed E-state index contributed by atoms with van der Waals surface area (Å²) in [5.74, 6) is 0.671. The molecule has 0 spiro atoms. The van der Waals surface area contributed by atoms with Gasteiger partial charge in [0.25, 0.3) is 0 Å². The lowest BCUT2D eigenvalue weighted by Gasteiger charge is -2.01. The summed E-state index contributed by atoms with van der Waals surface area (Å²) >= 11 is 0. The first-order valence-corrected chi connectivity index (χ1v) is 5.29. The van der Waals surface area contributed by atoms with Crippen LogP contribution in [0, 0.1) is 5.92 Å². The summed E-state index contributed by atoms with van der Waals surface area (Å²) in [6.45, 7) is 1.57. The fourth-order valence-corrected chi connectivity index (χ4v) is 1.66. The molecular weight excluding hydrogens is 188 g/mol. The second-order valence-electron chi connectivity index (χ2n) is 4.21. The van der Waals surface area contributed by atoms with Crippen LogP contribution in [-0.4, -0.2) is 11.6 Å². The fourth-order valence-electron chi connectivity index (χ4n) is 1.66. The molecule has 0 N–H and O–H groups in total. The zero-order chi connectivity index (χ0) is 10.8. The number of rotatable bonds is 4. The van der Waals surface area contributed by atoms with Gasteiger partial charge in [-0.15, -0.1) is 0 Å². The van der Waals surface area contributed by atoms with Crippen molar-refractivity contribution in [2.75, 3.05) is 0 Å². The van der Waals surface area contributed by atoms with E-state index in [4.69, 9.17) is 0 Å². The number of benzene rings is 1. The van der Waals surface area contributed by atoms with Crippen LogP contribution in [0.15, 0.2) is 24.3 Å². The van der Waals surface area contributed by atoms with Crippen molar-refractivity contribution in [2.45, 2.75) is 26.2 Å².